The minimum Gasteiger partial charge on any atom is -0.493 e. The Bertz CT molecular complexity index is 945. The molecule has 7 heteroatoms. The maximum atomic E-state index is 12.7. The lowest BCUT2D eigenvalue weighted by molar-refractivity contribution is -0.124. The summed E-state index contributed by atoms with van der Waals surface area (Å²) in [5.74, 6) is 3.44. The van der Waals surface area contributed by atoms with E-state index < -0.39 is 0 Å². The van der Waals surface area contributed by atoms with Gasteiger partial charge in [-0.1, -0.05) is 6.07 Å². The molecule has 1 amide bonds. The Balaban J connectivity index is 1.44. The Kier molecular flexibility index (Phi) is 5.70. The van der Waals surface area contributed by atoms with Crippen molar-refractivity contribution in [2.24, 2.45) is 0 Å². The fraction of sp³-hybridized carbons (Fsp3) is 0.348. The van der Waals surface area contributed by atoms with Crippen molar-refractivity contribution in [3.63, 3.8) is 0 Å². The quantitative estimate of drug-likeness (QED) is 0.678. The zero-order valence-electron chi connectivity index (χ0n) is 17.3. The van der Waals surface area contributed by atoms with Gasteiger partial charge in [0.05, 0.1) is 21.3 Å². The predicted octanol–water partition coefficient (Wildman–Crippen LogP) is 3.47. The molecular weight excluding hydrogens is 386 g/mol. The maximum Gasteiger partial charge on any atom is 0.246 e. The number of hydrogen-bond acceptors (Lipinski definition) is 6. The van der Waals surface area contributed by atoms with E-state index in [1.54, 1.807) is 33.5 Å². The summed E-state index contributed by atoms with van der Waals surface area (Å²) >= 11 is 0. The fourth-order valence-corrected chi connectivity index (χ4v) is 3.87. The van der Waals surface area contributed by atoms with Crippen LogP contribution in [-0.2, 0) is 4.79 Å². The molecule has 0 spiro atoms. The Labute approximate surface area is 175 Å². The van der Waals surface area contributed by atoms with Gasteiger partial charge < -0.3 is 28.6 Å². The fourth-order valence-electron chi connectivity index (χ4n) is 3.87. The Morgan fingerprint density at radius 2 is 1.77 bits per heavy atom. The molecular formula is C23H25NO6. The van der Waals surface area contributed by atoms with Crippen LogP contribution in [0.25, 0.3) is 6.08 Å². The molecule has 0 N–H and O–H groups in total. The van der Waals surface area contributed by atoms with Crippen molar-refractivity contribution in [3.05, 3.63) is 47.5 Å². The van der Waals surface area contributed by atoms with Gasteiger partial charge in [-0.15, -0.1) is 0 Å². The van der Waals surface area contributed by atoms with Crippen LogP contribution in [0, 0.1) is 0 Å². The molecule has 2 aromatic rings. The molecule has 0 aromatic heterocycles. The minimum absolute atomic E-state index is 0.0213. The Morgan fingerprint density at radius 1 is 1.03 bits per heavy atom. The third-order valence-electron chi connectivity index (χ3n) is 5.47. The molecule has 1 saturated heterocycles. The van der Waals surface area contributed by atoms with Crippen LogP contribution in [0.2, 0.25) is 0 Å². The van der Waals surface area contributed by atoms with Crippen LogP contribution >= 0.6 is 0 Å². The van der Waals surface area contributed by atoms with Crippen molar-refractivity contribution in [1.82, 2.24) is 4.90 Å². The molecule has 7 nitrogen and oxygen atoms in total. The lowest BCUT2D eigenvalue weighted by atomic mass is 9.98. The van der Waals surface area contributed by atoms with Gasteiger partial charge in [0.2, 0.25) is 18.4 Å². The first kappa shape index (κ1) is 19.9. The van der Waals surface area contributed by atoms with Crippen molar-refractivity contribution in [2.75, 3.05) is 41.2 Å². The van der Waals surface area contributed by atoms with E-state index in [9.17, 15) is 4.79 Å². The van der Waals surface area contributed by atoms with E-state index in [0.717, 1.165) is 30.0 Å². The zero-order chi connectivity index (χ0) is 21.1. The highest BCUT2D eigenvalue weighted by atomic mass is 16.7. The number of fused-ring (bicyclic) bond motifs is 1. The molecule has 2 aromatic carbocycles. The topological polar surface area (TPSA) is 66.5 Å². The van der Waals surface area contributed by atoms with E-state index in [2.05, 4.69) is 6.07 Å². The van der Waals surface area contributed by atoms with Gasteiger partial charge in [-0.05, 0) is 47.9 Å². The highest BCUT2D eigenvalue weighted by Gasteiger charge is 2.27. The molecule has 1 unspecified atom stereocenters. The number of carbonyl (C=O) groups is 1. The first-order valence-corrected chi connectivity index (χ1v) is 9.79. The van der Waals surface area contributed by atoms with Gasteiger partial charge in [-0.2, -0.15) is 0 Å². The third-order valence-corrected chi connectivity index (χ3v) is 5.47. The molecule has 2 aliphatic rings. The summed E-state index contributed by atoms with van der Waals surface area (Å²) in [5.41, 5.74) is 1.97. The molecule has 158 valence electrons. The highest BCUT2D eigenvalue weighted by molar-refractivity contribution is 5.92. The molecule has 4 rings (SSSR count). The van der Waals surface area contributed by atoms with Gasteiger partial charge in [0.25, 0.3) is 0 Å². The average molecular weight is 411 g/mol. The molecule has 0 bridgehead atoms. The van der Waals surface area contributed by atoms with Crippen molar-refractivity contribution >= 4 is 12.0 Å². The van der Waals surface area contributed by atoms with Crippen molar-refractivity contribution in [3.8, 4) is 28.7 Å². The normalized spacial score (nSPS) is 17.4. The van der Waals surface area contributed by atoms with Crippen molar-refractivity contribution in [1.29, 1.82) is 0 Å². The molecule has 1 fully saturated rings. The van der Waals surface area contributed by atoms with E-state index in [4.69, 9.17) is 23.7 Å². The van der Waals surface area contributed by atoms with Crippen LogP contribution in [-0.4, -0.2) is 52.0 Å². The van der Waals surface area contributed by atoms with Gasteiger partial charge in [0.15, 0.2) is 23.0 Å². The van der Waals surface area contributed by atoms with Gasteiger partial charge in [0.1, 0.15) is 0 Å². The summed E-state index contributed by atoms with van der Waals surface area (Å²) in [6, 6.07) is 9.63. The molecule has 0 aliphatic carbocycles. The lowest BCUT2D eigenvalue weighted by Crippen LogP contribution is -2.26. The van der Waals surface area contributed by atoms with Gasteiger partial charge in [-0.25, -0.2) is 0 Å². The summed E-state index contributed by atoms with van der Waals surface area (Å²) in [6.45, 7) is 1.66. The standard InChI is InChI=1S/C23H25NO6/c1-26-20-10-15(11-21(27-2)23(20)28-3)4-7-22(25)24-9-8-17(13-24)16-5-6-18-19(12-16)30-14-29-18/h4-7,10-12,17H,8-9,13-14H2,1-3H3. The number of methoxy groups -OCH3 is 3. The van der Waals surface area contributed by atoms with E-state index >= 15 is 0 Å². The van der Waals surface area contributed by atoms with Gasteiger partial charge in [0, 0.05) is 25.1 Å². The van der Waals surface area contributed by atoms with Gasteiger partial charge >= 0.3 is 0 Å². The number of nitrogens with zero attached hydrogens (tertiary/aromatic N) is 1. The maximum absolute atomic E-state index is 12.7. The van der Waals surface area contributed by atoms with Crippen LogP contribution in [0.3, 0.4) is 0 Å². The summed E-state index contributed by atoms with van der Waals surface area (Å²) in [5, 5.41) is 0. The third kappa shape index (κ3) is 3.87. The second-order valence-corrected chi connectivity index (χ2v) is 7.17. The SMILES string of the molecule is COc1cc(C=CC(=O)N2CCC(c3ccc4c(c3)OCO4)C2)cc(OC)c1OC. The largest absolute Gasteiger partial charge is 0.493 e. The number of carbonyl (C=O) groups excluding carboxylic acids is 1. The lowest BCUT2D eigenvalue weighted by Gasteiger charge is -2.15. The van der Waals surface area contributed by atoms with Crippen LogP contribution in [0.15, 0.2) is 36.4 Å². The number of benzene rings is 2. The summed E-state index contributed by atoms with van der Waals surface area (Å²) < 4.78 is 26.9. The van der Waals surface area contributed by atoms with E-state index in [0.29, 0.717) is 23.8 Å². The van der Waals surface area contributed by atoms with E-state index in [-0.39, 0.29) is 18.6 Å². The monoisotopic (exact) mass is 411 g/mol. The van der Waals surface area contributed by atoms with Crippen LogP contribution in [0.4, 0.5) is 0 Å². The molecule has 2 heterocycles. The Morgan fingerprint density at radius 3 is 2.47 bits per heavy atom. The van der Waals surface area contributed by atoms with E-state index in [1.165, 1.54) is 5.56 Å². The van der Waals surface area contributed by atoms with Crippen LogP contribution in [0.5, 0.6) is 28.7 Å². The Hall–Kier alpha value is -3.35. The smallest absolute Gasteiger partial charge is 0.246 e. The molecule has 30 heavy (non-hydrogen) atoms. The predicted molar refractivity (Wildman–Crippen MR) is 112 cm³/mol. The van der Waals surface area contributed by atoms with Gasteiger partial charge in [-0.3, -0.25) is 4.79 Å². The number of rotatable bonds is 6. The second-order valence-electron chi connectivity index (χ2n) is 7.17. The zero-order valence-corrected chi connectivity index (χ0v) is 17.3. The van der Waals surface area contributed by atoms with Crippen LogP contribution < -0.4 is 23.7 Å². The number of likely N-dealkylation sites (tertiary alicyclic amines) is 1. The molecule has 0 radical (unpaired) electrons. The summed E-state index contributed by atoms with van der Waals surface area (Å²) in [4.78, 5) is 14.6. The second kappa shape index (κ2) is 8.57. The summed E-state index contributed by atoms with van der Waals surface area (Å²) in [7, 11) is 4.69. The molecule has 1 atom stereocenters. The summed E-state index contributed by atoms with van der Waals surface area (Å²) in [6.07, 6.45) is 4.27. The first-order valence-electron chi connectivity index (χ1n) is 9.79. The van der Waals surface area contributed by atoms with Crippen molar-refractivity contribution in [2.45, 2.75) is 12.3 Å². The highest BCUT2D eigenvalue weighted by Crippen LogP contribution is 2.39. The van der Waals surface area contributed by atoms with Crippen LogP contribution in [0.1, 0.15) is 23.5 Å². The number of ether oxygens (including phenoxy) is 5. The van der Waals surface area contributed by atoms with Crippen molar-refractivity contribution < 1.29 is 28.5 Å². The molecule has 0 saturated carbocycles. The number of hydrogen-bond donors (Lipinski definition) is 0. The minimum atomic E-state index is -0.0213. The number of amides is 1. The average Bonchev–Trinajstić information content (AvgIpc) is 3.45. The molecule has 2 aliphatic heterocycles. The van der Waals surface area contributed by atoms with E-state index in [1.807, 2.05) is 29.2 Å². The first-order chi connectivity index (χ1) is 14.6.